The van der Waals surface area contributed by atoms with Crippen molar-refractivity contribution in [3.8, 4) is 21.9 Å². The van der Waals surface area contributed by atoms with Gasteiger partial charge in [-0.15, -0.1) is 0 Å². The highest BCUT2D eigenvalue weighted by Crippen LogP contribution is 2.50. The maximum absolute atomic E-state index is 12.8. The van der Waals surface area contributed by atoms with Crippen molar-refractivity contribution < 1.29 is 14.3 Å². The largest absolute Gasteiger partial charge is 0.493 e. The number of fused-ring (bicyclic) bond motifs is 2. The standard InChI is InChI=1S/C24H29NO3S3/c1-15-7-16-11-23(2,10-15)14-24(3,12-16)25-21(26)13-28-18-6-5-17(8-19(18)27-4)20-9-22(29)31-30-20/h5-6,8-9,12,15H,7,10-11,13-14H2,1-4H3,(H,25,26). The molecule has 1 amide bonds. The van der Waals surface area contributed by atoms with Crippen LogP contribution in [-0.4, -0.2) is 25.2 Å². The number of methoxy groups -OCH3 is 1. The molecule has 4 rings (SSSR count). The zero-order valence-electron chi connectivity index (χ0n) is 18.4. The fraction of sp³-hybridized carbons (Fsp3) is 0.500. The summed E-state index contributed by atoms with van der Waals surface area (Å²) in [5, 5.41) is 3.22. The van der Waals surface area contributed by atoms with Crippen LogP contribution in [0.5, 0.6) is 11.5 Å². The lowest BCUT2D eigenvalue weighted by Crippen LogP contribution is -2.52. The molecule has 0 saturated heterocycles. The second-order valence-corrected chi connectivity index (χ2v) is 12.5. The highest BCUT2D eigenvalue weighted by molar-refractivity contribution is 7.80. The maximum atomic E-state index is 12.8. The van der Waals surface area contributed by atoms with Crippen LogP contribution < -0.4 is 14.8 Å². The molecule has 0 aliphatic heterocycles. The van der Waals surface area contributed by atoms with E-state index in [-0.39, 0.29) is 23.5 Å². The summed E-state index contributed by atoms with van der Waals surface area (Å²) < 4.78 is 12.2. The Morgan fingerprint density at radius 3 is 2.74 bits per heavy atom. The van der Waals surface area contributed by atoms with Crippen molar-refractivity contribution in [2.75, 3.05) is 13.7 Å². The minimum atomic E-state index is -0.320. The van der Waals surface area contributed by atoms with E-state index >= 15 is 0 Å². The van der Waals surface area contributed by atoms with Gasteiger partial charge in [0.2, 0.25) is 0 Å². The topological polar surface area (TPSA) is 47.6 Å². The molecule has 1 saturated carbocycles. The first kappa shape index (κ1) is 22.5. The molecule has 2 aromatic rings. The molecule has 1 heterocycles. The molecule has 4 nitrogen and oxygen atoms in total. The van der Waals surface area contributed by atoms with E-state index in [1.165, 1.54) is 12.0 Å². The number of allylic oxidation sites excluding steroid dienone is 1. The minimum Gasteiger partial charge on any atom is -0.493 e. The Kier molecular flexibility index (Phi) is 6.30. The molecule has 166 valence electrons. The molecule has 2 aliphatic rings. The zero-order chi connectivity index (χ0) is 22.2. The van der Waals surface area contributed by atoms with Crippen molar-refractivity contribution in [2.45, 2.75) is 52.0 Å². The zero-order valence-corrected chi connectivity index (χ0v) is 20.9. The van der Waals surface area contributed by atoms with Crippen LogP contribution in [0.25, 0.3) is 10.4 Å². The summed E-state index contributed by atoms with van der Waals surface area (Å²) in [4.78, 5) is 13.9. The first-order chi connectivity index (χ1) is 14.7. The summed E-state index contributed by atoms with van der Waals surface area (Å²) in [5.41, 5.74) is 2.45. The SMILES string of the molecule is COc1cc(-c2cc(=S)ss2)ccc1OCC(=O)NC1(C)C=C2CC(C)CC(C)(C2)C1. The van der Waals surface area contributed by atoms with Crippen molar-refractivity contribution in [3.05, 3.63) is 39.7 Å². The third-order valence-electron chi connectivity index (χ3n) is 6.12. The number of amides is 1. The number of nitrogens with one attached hydrogen (secondary N) is 1. The van der Waals surface area contributed by atoms with Gasteiger partial charge in [-0.2, -0.15) is 0 Å². The van der Waals surface area contributed by atoms with E-state index < -0.39 is 0 Å². The summed E-state index contributed by atoms with van der Waals surface area (Å²) in [6.45, 7) is 6.77. The van der Waals surface area contributed by atoms with E-state index in [9.17, 15) is 4.79 Å². The molecule has 7 heteroatoms. The maximum Gasteiger partial charge on any atom is 0.258 e. The van der Waals surface area contributed by atoms with Crippen LogP contribution >= 0.6 is 32.9 Å². The number of carbonyl (C=O) groups is 1. The average Bonchev–Trinajstić information content (AvgIpc) is 3.10. The molecule has 3 unspecified atom stereocenters. The lowest BCUT2D eigenvalue weighted by Gasteiger charge is -2.48. The van der Waals surface area contributed by atoms with E-state index in [0.717, 1.165) is 39.4 Å². The monoisotopic (exact) mass is 475 g/mol. The summed E-state index contributed by atoms with van der Waals surface area (Å²) in [7, 11) is 4.83. The number of hydrogen-bond donors (Lipinski definition) is 1. The fourth-order valence-electron chi connectivity index (χ4n) is 5.58. The van der Waals surface area contributed by atoms with Gasteiger partial charge in [-0.1, -0.05) is 58.4 Å². The van der Waals surface area contributed by atoms with Gasteiger partial charge >= 0.3 is 0 Å². The van der Waals surface area contributed by atoms with Gasteiger partial charge in [0.1, 0.15) is 3.82 Å². The smallest absolute Gasteiger partial charge is 0.258 e. The molecular formula is C24H29NO3S3. The predicted octanol–water partition coefficient (Wildman–Crippen LogP) is 6.62. The molecular weight excluding hydrogens is 446 g/mol. The van der Waals surface area contributed by atoms with Crippen LogP contribution in [0.3, 0.4) is 0 Å². The van der Waals surface area contributed by atoms with Gasteiger partial charge in [0.25, 0.3) is 5.91 Å². The van der Waals surface area contributed by atoms with Crippen LogP contribution in [0.1, 0.15) is 46.5 Å². The highest BCUT2D eigenvalue weighted by Gasteiger charge is 2.43. The van der Waals surface area contributed by atoms with Crippen LogP contribution in [0, 0.1) is 15.2 Å². The Morgan fingerprint density at radius 2 is 2.06 bits per heavy atom. The molecule has 1 fully saturated rings. The molecule has 2 aliphatic carbocycles. The average molecular weight is 476 g/mol. The molecule has 2 bridgehead atoms. The Morgan fingerprint density at radius 1 is 1.26 bits per heavy atom. The molecule has 3 atom stereocenters. The van der Waals surface area contributed by atoms with Crippen molar-refractivity contribution in [1.29, 1.82) is 0 Å². The van der Waals surface area contributed by atoms with Gasteiger partial charge in [-0.25, -0.2) is 0 Å². The molecule has 31 heavy (non-hydrogen) atoms. The molecule has 1 aromatic heterocycles. The van der Waals surface area contributed by atoms with Gasteiger partial charge in [0.15, 0.2) is 18.1 Å². The van der Waals surface area contributed by atoms with E-state index in [1.807, 2.05) is 24.3 Å². The summed E-state index contributed by atoms with van der Waals surface area (Å²) in [6.07, 6.45) is 6.75. The lowest BCUT2D eigenvalue weighted by molar-refractivity contribution is -0.124. The summed E-state index contributed by atoms with van der Waals surface area (Å²) in [6, 6.07) is 7.74. The van der Waals surface area contributed by atoms with Crippen LogP contribution in [0.2, 0.25) is 0 Å². The second kappa shape index (κ2) is 8.68. The van der Waals surface area contributed by atoms with Crippen LogP contribution in [0.4, 0.5) is 0 Å². The Balaban J connectivity index is 1.42. The van der Waals surface area contributed by atoms with Crippen molar-refractivity contribution >= 4 is 38.8 Å². The summed E-state index contributed by atoms with van der Waals surface area (Å²) in [5.74, 6) is 1.77. The van der Waals surface area contributed by atoms with Gasteiger partial charge in [0, 0.05) is 4.88 Å². The van der Waals surface area contributed by atoms with Gasteiger partial charge < -0.3 is 14.8 Å². The van der Waals surface area contributed by atoms with E-state index in [1.54, 1.807) is 27.8 Å². The van der Waals surface area contributed by atoms with Gasteiger partial charge in [-0.05, 0) is 73.8 Å². The van der Waals surface area contributed by atoms with Crippen molar-refractivity contribution in [1.82, 2.24) is 5.32 Å². The summed E-state index contributed by atoms with van der Waals surface area (Å²) >= 11 is 5.23. The quantitative estimate of drug-likeness (QED) is 0.290. The molecule has 0 radical (unpaired) electrons. The molecule has 0 spiro atoms. The molecule has 1 N–H and O–H groups in total. The Bertz CT molecular complexity index is 1070. The van der Waals surface area contributed by atoms with Crippen molar-refractivity contribution in [3.63, 3.8) is 0 Å². The van der Waals surface area contributed by atoms with Gasteiger partial charge in [0.05, 0.1) is 12.6 Å². The third-order valence-corrected chi connectivity index (χ3v) is 9.03. The number of benzene rings is 1. The van der Waals surface area contributed by atoms with E-state index in [2.05, 4.69) is 32.2 Å². The number of ether oxygens (including phenoxy) is 2. The van der Waals surface area contributed by atoms with Crippen molar-refractivity contribution in [2.24, 2.45) is 11.3 Å². The lowest BCUT2D eigenvalue weighted by atomic mass is 9.60. The normalized spacial score (nSPS) is 27.4. The Labute approximate surface area is 196 Å². The fourth-order valence-corrected chi connectivity index (χ4v) is 7.97. The minimum absolute atomic E-state index is 0.0427. The Hall–Kier alpha value is -1.70. The third kappa shape index (κ3) is 5.21. The van der Waals surface area contributed by atoms with Gasteiger partial charge in [-0.3, -0.25) is 4.79 Å². The number of hydrogen-bond acceptors (Lipinski definition) is 6. The van der Waals surface area contributed by atoms with Crippen LogP contribution in [0.15, 0.2) is 35.9 Å². The van der Waals surface area contributed by atoms with E-state index in [4.69, 9.17) is 21.7 Å². The van der Waals surface area contributed by atoms with Crippen LogP contribution in [-0.2, 0) is 4.79 Å². The second-order valence-electron chi connectivity index (χ2n) is 9.59. The first-order valence-corrected chi connectivity index (χ1v) is 13.2. The first-order valence-electron chi connectivity index (χ1n) is 10.6. The van der Waals surface area contributed by atoms with E-state index in [0.29, 0.717) is 11.5 Å². The number of carbonyl (C=O) groups excluding carboxylic acids is 1. The number of rotatable bonds is 6. The highest BCUT2D eigenvalue weighted by atomic mass is 32.9. The predicted molar refractivity (Wildman–Crippen MR) is 131 cm³/mol. The molecule has 1 aromatic carbocycles.